The molecule has 35 heavy (non-hydrogen) atoms. The molecule has 0 amide bonds. The molecule has 0 aliphatic rings. The maximum atomic E-state index is 13.0. The molecule has 0 aliphatic carbocycles. The number of aromatic hydroxyl groups is 1. The van der Waals surface area contributed by atoms with Crippen LogP contribution in [0.25, 0.3) is 22.5 Å². The molecular formula is C24H25FN6O3S. The highest BCUT2D eigenvalue weighted by Crippen LogP contribution is 2.31. The zero-order chi connectivity index (χ0) is 24.8. The molecule has 2 aromatic heterocycles. The third-order valence-corrected chi connectivity index (χ3v) is 6.67. The van der Waals surface area contributed by atoms with Crippen molar-refractivity contribution in [3.63, 3.8) is 0 Å². The van der Waals surface area contributed by atoms with Crippen molar-refractivity contribution in [3.8, 4) is 28.3 Å². The van der Waals surface area contributed by atoms with E-state index in [4.69, 9.17) is 0 Å². The number of benzene rings is 2. The number of hydrogen-bond donors (Lipinski definition) is 3. The largest absolute Gasteiger partial charge is 0.508 e. The Morgan fingerprint density at radius 3 is 2.63 bits per heavy atom. The Kier molecular flexibility index (Phi) is 7.37. The van der Waals surface area contributed by atoms with Crippen molar-refractivity contribution in [2.24, 2.45) is 0 Å². The number of aromatic nitrogens is 4. The summed E-state index contributed by atoms with van der Waals surface area (Å²) in [6, 6.07) is 13.3. The number of sulfonamides is 1. The van der Waals surface area contributed by atoms with Crippen LogP contribution in [0.4, 0.5) is 10.3 Å². The Morgan fingerprint density at radius 1 is 1.09 bits per heavy atom. The van der Waals surface area contributed by atoms with Gasteiger partial charge in [0.1, 0.15) is 17.3 Å². The molecular weight excluding hydrogens is 471 g/mol. The number of phenolic OH excluding ortho intramolecular Hbond substituents is 1. The monoisotopic (exact) mass is 496 g/mol. The van der Waals surface area contributed by atoms with Crippen LogP contribution in [0.15, 0.2) is 71.9 Å². The standard InChI is InChI=1S/C24H25FN6O3S/c1-2-31-16-21(23(30-31)17-5-3-6-19(32)15-17)22-11-14-27-24(29-22)26-12-4-13-28-35(33,34)20-9-7-18(25)8-10-20/h3,5-11,14-16,28,32H,2,4,12-13H2,1H3,(H,26,27,29). The van der Waals surface area contributed by atoms with Gasteiger partial charge in [-0.25, -0.2) is 27.5 Å². The van der Waals surface area contributed by atoms with Crippen molar-refractivity contribution in [2.75, 3.05) is 18.4 Å². The van der Waals surface area contributed by atoms with Gasteiger partial charge in [0.2, 0.25) is 16.0 Å². The maximum absolute atomic E-state index is 13.0. The molecule has 182 valence electrons. The summed E-state index contributed by atoms with van der Waals surface area (Å²) in [7, 11) is -3.70. The van der Waals surface area contributed by atoms with E-state index >= 15 is 0 Å². The molecule has 0 aliphatic heterocycles. The van der Waals surface area contributed by atoms with Gasteiger partial charge in [0.25, 0.3) is 0 Å². The molecule has 4 aromatic rings. The predicted octanol–water partition coefficient (Wildman–Crippen LogP) is 3.65. The van der Waals surface area contributed by atoms with Crippen LogP contribution in [0.1, 0.15) is 13.3 Å². The molecule has 0 radical (unpaired) electrons. The summed E-state index contributed by atoms with van der Waals surface area (Å²) in [5.41, 5.74) is 2.93. The Bertz CT molecular complexity index is 1410. The quantitative estimate of drug-likeness (QED) is 0.287. The number of anilines is 1. The van der Waals surface area contributed by atoms with Crippen LogP contribution in [0, 0.1) is 5.82 Å². The summed E-state index contributed by atoms with van der Waals surface area (Å²) in [6.07, 6.45) is 4.02. The van der Waals surface area contributed by atoms with E-state index in [2.05, 4.69) is 25.1 Å². The molecule has 4 rings (SSSR count). The zero-order valence-electron chi connectivity index (χ0n) is 19.0. The van der Waals surface area contributed by atoms with E-state index in [9.17, 15) is 17.9 Å². The number of rotatable bonds is 10. The zero-order valence-corrected chi connectivity index (χ0v) is 19.8. The van der Waals surface area contributed by atoms with Crippen LogP contribution < -0.4 is 10.0 Å². The van der Waals surface area contributed by atoms with Crippen molar-refractivity contribution in [3.05, 3.63) is 72.8 Å². The number of halogens is 1. The molecule has 9 nitrogen and oxygen atoms in total. The second-order valence-corrected chi connectivity index (χ2v) is 9.46. The van der Waals surface area contributed by atoms with Crippen molar-refractivity contribution >= 4 is 16.0 Å². The molecule has 0 saturated heterocycles. The smallest absolute Gasteiger partial charge is 0.240 e. The first kappa shape index (κ1) is 24.3. The molecule has 11 heteroatoms. The summed E-state index contributed by atoms with van der Waals surface area (Å²) < 4.78 is 41.9. The third-order valence-electron chi connectivity index (χ3n) is 5.19. The topological polar surface area (TPSA) is 122 Å². The van der Waals surface area contributed by atoms with E-state index in [1.54, 1.807) is 35.1 Å². The van der Waals surface area contributed by atoms with Gasteiger partial charge in [-0.05, 0) is 55.8 Å². The first-order valence-electron chi connectivity index (χ1n) is 11.0. The van der Waals surface area contributed by atoms with Crippen LogP contribution in [0.3, 0.4) is 0 Å². The summed E-state index contributed by atoms with van der Waals surface area (Å²) in [5, 5.41) is 17.6. The number of aryl methyl sites for hydroxylation is 1. The second kappa shape index (κ2) is 10.6. The van der Waals surface area contributed by atoms with Crippen LogP contribution in [0.5, 0.6) is 5.75 Å². The first-order valence-corrected chi connectivity index (χ1v) is 12.5. The number of nitrogens with zero attached hydrogens (tertiary/aromatic N) is 4. The highest BCUT2D eigenvalue weighted by molar-refractivity contribution is 7.89. The fraction of sp³-hybridized carbons (Fsp3) is 0.208. The molecule has 0 saturated carbocycles. The van der Waals surface area contributed by atoms with Gasteiger partial charge in [-0.1, -0.05) is 12.1 Å². The van der Waals surface area contributed by atoms with E-state index in [0.29, 0.717) is 36.8 Å². The van der Waals surface area contributed by atoms with Gasteiger partial charge in [-0.2, -0.15) is 5.10 Å². The highest BCUT2D eigenvalue weighted by Gasteiger charge is 2.16. The molecule has 0 fully saturated rings. The predicted molar refractivity (Wildman–Crippen MR) is 131 cm³/mol. The fourth-order valence-electron chi connectivity index (χ4n) is 3.42. The van der Waals surface area contributed by atoms with E-state index in [1.807, 2.05) is 19.2 Å². The van der Waals surface area contributed by atoms with Crippen LogP contribution in [-0.4, -0.2) is 46.4 Å². The van der Waals surface area contributed by atoms with Gasteiger partial charge in [0.05, 0.1) is 10.6 Å². The lowest BCUT2D eigenvalue weighted by Gasteiger charge is -2.09. The number of phenols is 1. The van der Waals surface area contributed by atoms with Gasteiger partial charge < -0.3 is 10.4 Å². The van der Waals surface area contributed by atoms with Gasteiger partial charge in [-0.15, -0.1) is 0 Å². The van der Waals surface area contributed by atoms with Crippen LogP contribution in [-0.2, 0) is 16.6 Å². The van der Waals surface area contributed by atoms with Gasteiger partial charge in [0, 0.05) is 43.2 Å². The Hall–Kier alpha value is -3.83. The normalized spacial score (nSPS) is 11.5. The second-order valence-electron chi connectivity index (χ2n) is 7.69. The third kappa shape index (κ3) is 6.00. The van der Waals surface area contributed by atoms with E-state index in [0.717, 1.165) is 23.3 Å². The average molecular weight is 497 g/mol. The van der Waals surface area contributed by atoms with E-state index in [1.165, 1.54) is 12.1 Å². The Balaban J connectivity index is 1.40. The molecule has 0 spiro atoms. The summed E-state index contributed by atoms with van der Waals surface area (Å²) >= 11 is 0. The van der Waals surface area contributed by atoms with Crippen molar-refractivity contribution in [1.29, 1.82) is 0 Å². The molecule has 0 bridgehead atoms. The minimum absolute atomic E-state index is 0.0121. The lowest BCUT2D eigenvalue weighted by Crippen LogP contribution is -2.26. The summed E-state index contributed by atoms with van der Waals surface area (Å²) in [4.78, 5) is 8.85. The van der Waals surface area contributed by atoms with Crippen LogP contribution in [0.2, 0.25) is 0 Å². The lowest BCUT2D eigenvalue weighted by atomic mass is 10.1. The minimum atomic E-state index is -3.70. The first-order chi connectivity index (χ1) is 16.9. The molecule has 2 heterocycles. The average Bonchev–Trinajstić information content (AvgIpc) is 3.29. The fourth-order valence-corrected chi connectivity index (χ4v) is 4.50. The van der Waals surface area contributed by atoms with Crippen molar-refractivity contribution in [2.45, 2.75) is 24.8 Å². The Morgan fingerprint density at radius 2 is 1.89 bits per heavy atom. The Labute approximate surface area is 202 Å². The maximum Gasteiger partial charge on any atom is 0.240 e. The molecule has 0 unspecified atom stereocenters. The van der Waals surface area contributed by atoms with Crippen LogP contribution >= 0.6 is 0 Å². The van der Waals surface area contributed by atoms with Gasteiger partial charge in [-0.3, -0.25) is 4.68 Å². The highest BCUT2D eigenvalue weighted by atomic mass is 32.2. The number of nitrogens with one attached hydrogen (secondary N) is 2. The summed E-state index contributed by atoms with van der Waals surface area (Å²) in [5.74, 6) is 0.0565. The molecule has 2 aromatic carbocycles. The molecule has 3 N–H and O–H groups in total. The SMILES string of the molecule is CCn1cc(-c2ccnc(NCCCNS(=O)(=O)c3ccc(F)cc3)n2)c(-c2cccc(O)c2)n1. The van der Waals surface area contributed by atoms with E-state index < -0.39 is 15.8 Å². The summed E-state index contributed by atoms with van der Waals surface area (Å²) in [6.45, 7) is 3.29. The van der Waals surface area contributed by atoms with E-state index in [-0.39, 0.29) is 17.2 Å². The lowest BCUT2D eigenvalue weighted by molar-refractivity contribution is 0.475. The molecule has 0 atom stereocenters. The van der Waals surface area contributed by atoms with Gasteiger partial charge >= 0.3 is 0 Å². The minimum Gasteiger partial charge on any atom is -0.508 e. The number of hydrogen-bond acceptors (Lipinski definition) is 7. The van der Waals surface area contributed by atoms with Gasteiger partial charge in [0.15, 0.2) is 0 Å². The van der Waals surface area contributed by atoms with Crippen molar-refractivity contribution < 1.29 is 17.9 Å². The van der Waals surface area contributed by atoms with Crippen molar-refractivity contribution in [1.82, 2.24) is 24.5 Å².